The predicted molar refractivity (Wildman–Crippen MR) is 76.9 cm³/mol. The van der Waals surface area contributed by atoms with Crippen LogP contribution in [0.15, 0.2) is 23.1 Å². The third-order valence-electron chi connectivity index (χ3n) is 2.39. The van der Waals surface area contributed by atoms with Crippen molar-refractivity contribution in [2.75, 3.05) is 18.1 Å². The number of hydrogen-bond donors (Lipinski definition) is 1. The summed E-state index contributed by atoms with van der Waals surface area (Å²) in [6.07, 6.45) is 4.85. The van der Waals surface area contributed by atoms with E-state index in [1.54, 1.807) is 0 Å². The van der Waals surface area contributed by atoms with E-state index in [4.69, 9.17) is 10.5 Å². The lowest BCUT2D eigenvalue weighted by atomic mass is 10.3. The van der Waals surface area contributed by atoms with E-state index in [0.717, 1.165) is 30.2 Å². The number of rotatable bonds is 8. The van der Waals surface area contributed by atoms with Crippen molar-refractivity contribution >= 4 is 17.4 Å². The van der Waals surface area contributed by atoms with Crippen LogP contribution in [0, 0.1) is 0 Å². The third-order valence-corrected chi connectivity index (χ3v) is 3.45. The Kier molecular flexibility index (Phi) is 6.94. The van der Waals surface area contributed by atoms with Crippen LogP contribution in [0.25, 0.3) is 0 Å². The molecule has 0 amide bonds. The summed E-state index contributed by atoms with van der Waals surface area (Å²) in [7, 11) is 0. The molecule has 0 heterocycles. The second-order valence-corrected chi connectivity index (χ2v) is 5.31. The first kappa shape index (κ1) is 14.2. The van der Waals surface area contributed by atoms with Gasteiger partial charge in [-0.05, 0) is 30.7 Å². The first-order valence-electron chi connectivity index (χ1n) is 6.42. The fraction of sp³-hybridized carbons (Fsp3) is 0.571. The van der Waals surface area contributed by atoms with Gasteiger partial charge in [0.2, 0.25) is 0 Å². The minimum absolute atomic E-state index is 0.753. The highest BCUT2D eigenvalue weighted by molar-refractivity contribution is 7.99. The smallest absolute Gasteiger partial charge is 0.122 e. The van der Waals surface area contributed by atoms with Crippen LogP contribution in [0.2, 0.25) is 0 Å². The molecule has 1 aromatic carbocycles. The molecule has 96 valence electrons. The van der Waals surface area contributed by atoms with Crippen molar-refractivity contribution in [1.29, 1.82) is 0 Å². The highest BCUT2D eigenvalue weighted by Gasteiger charge is 2.01. The largest absolute Gasteiger partial charge is 0.493 e. The zero-order valence-electron chi connectivity index (χ0n) is 10.9. The molecule has 0 aliphatic carbocycles. The third kappa shape index (κ3) is 5.87. The van der Waals surface area contributed by atoms with Crippen molar-refractivity contribution < 1.29 is 4.74 Å². The van der Waals surface area contributed by atoms with Gasteiger partial charge in [-0.2, -0.15) is 0 Å². The minimum Gasteiger partial charge on any atom is -0.493 e. The highest BCUT2D eigenvalue weighted by Crippen LogP contribution is 2.27. The van der Waals surface area contributed by atoms with Crippen LogP contribution in [0.4, 0.5) is 5.69 Å². The Balaban J connectivity index is 2.50. The number of anilines is 1. The van der Waals surface area contributed by atoms with Gasteiger partial charge in [-0.3, -0.25) is 0 Å². The molecule has 2 nitrogen and oxygen atoms in total. The lowest BCUT2D eigenvalue weighted by molar-refractivity contribution is 0.317. The normalized spacial score (nSPS) is 10.5. The molecule has 0 aliphatic heterocycles. The molecule has 0 radical (unpaired) electrons. The van der Waals surface area contributed by atoms with Gasteiger partial charge in [0.1, 0.15) is 5.75 Å². The number of benzene rings is 1. The first-order valence-corrected chi connectivity index (χ1v) is 7.41. The van der Waals surface area contributed by atoms with Crippen molar-refractivity contribution in [3.8, 4) is 5.75 Å². The van der Waals surface area contributed by atoms with Crippen molar-refractivity contribution in [3.05, 3.63) is 18.2 Å². The molecule has 0 saturated heterocycles. The number of thioether (sulfide) groups is 1. The average molecular weight is 253 g/mol. The molecule has 0 aromatic heterocycles. The van der Waals surface area contributed by atoms with E-state index in [9.17, 15) is 0 Å². The maximum absolute atomic E-state index is 5.87. The van der Waals surface area contributed by atoms with Crippen LogP contribution in [-0.4, -0.2) is 12.4 Å². The standard InChI is InChI=1S/C14H23NOS/c1-3-5-6-8-17-14-10-12(15)9-13(11-14)16-7-4-2/h9-11H,3-8,15H2,1-2H3. The van der Waals surface area contributed by atoms with E-state index >= 15 is 0 Å². The van der Waals surface area contributed by atoms with Crippen molar-refractivity contribution in [2.24, 2.45) is 0 Å². The van der Waals surface area contributed by atoms with E-state index < -0.39 is 0 Å². The number of nitrogen functional groups attached to an aromatic ring is 1. The summed E-state index contributed by atoms with van der Waals surface area (Å²) < 4.78 is 5.61. The molecule has 0 unspecified atom stereocenters. The van der Waals surface area contributed by atoms with E-state index in [0.29, 0.717) is 0 Å². The fourth-order valence-electron chi connectivity index (χ4n) is 1.52. The zero-order valence-corrected chi connectivity index (χ0v) is 11.7. The Morgan fingerprint density at radius 1 is 1.12 bits per heavy atom. The van der Waals surface area contributed by atoms with E-state index in [2.05, 4.69) is 19.9 Å². The molecule has 1 rings (SSSR count). The van der Waals surface area contributed by atoms with Gasteiger partial charge >= 0.3 is 0 Å². The second-order valence-electron chi connectivity index (χ2n) is 4.14. The van der Waals surface area contributed by atoms with Crippen LogP contribution in [0.1, 0.15) is 39.5 Å². The van der Waals surface area contributed by atoms with Gasteiger partial charge in [-0.1, -0.05) is 26.7 Å². The van der Waals surface area contributed by atoms with Crippen LogP contribution >= 0.6 is 11.8 Å². The van der Waals surface area contributed by atoms with Crippen molar-refractivity contribution in [3.63, 3.8) is 0 Å². The molecule has 1 aromatic rings. The van der Waals surface area contributed by atoms with Crippen LogP contribution < -0.4 is 10.5 Å². The average Bonchev–Trinajstić information content (AvgIpc) is 2.31. The monoisotopic (exact) mass is 253 g/mol. The molecule has 0 bridgehead atoms. The van der Waals surface area contributed by atoms with Gasteiger partial charge in [0, 0.05) is 16.6 Å². The molecule has 0 atom stereocenters. The quantitative estimate of drug-likeness (QED) is 0.425. The number of hydrogen-bond acceptors (Lipinski definition) is 3. The summed E-state index contributed by atoms with van der Waals surface area (Å²) in [4.78, 5) is 1.22. The lowest BCUT2D eigenvalue weighted by Crippen LogP contribution is -1.96. The lowest BCUT2D eigenvalue weighted by Gasteiger charge is -2.08. The fourth-order valence-corrected chi connectivity index (χ4v) is 2.53. The van der Waals surface area contributed by atoms with Gasteiger partial charge in [0.25, 0.3) is 0 Å². The van der Waals surface area contributed by atoms with E-state index in [1.807, 2.05) is 23.9 Å². The Morgan fingerprint density at radius 3 is 2.65 bits per heavy atom. The van der Waals surface area contributed by atoms with E-state index in [-0.39, 0.29) is 0 Å². The Labute approximate surface area is 109 Å². The SMILES string of the molecule is CCCCCSc1cc(N)cc(OCCC)c1. The van der Waals surface area contributed by atoms with Gasteiger partial charge in [-0.15, -0.1) is 11.8 Å². The Bertz CT molecular complexity index is 328. The summed E-state index contributed by atoms with van der Waals surface area (Å²) in [5, 5.41) is 0. The summed E-state index contributed by atoms with van der Waals surface area (Å²) in [6.45, 7) is 5.08. The number of nitrogens with two attached hydrogens (primary N) is 1. The molecular formula is C14H23NOS. The molecule has 3 heteroatoms. The van der Waals surface area contributed by atoms with Crippen LogP contribution in [-0.2, 0) is 0 Å². The molecular weight excluding hydrogens is 230 g/mol. The first-order chi connectivity index (χ1) is 8.26. The van der Waals surface area contributed by atoms with Gasteiger partial charge < -0.3 is 10.5 Å². The van der Waals surface area contributed by atoms with Crippen LogP contribution in [0.5, 0.6) is 5.75 Å². The van der Waals surface area contributed by atoms with Crippen molar-refractivity contribution in [1.82, 2.24) is 0 Å². The predicted octanol–water partition coefficient (Wildman–Crippen LogP) is 4.34. The summed E-state index contributed by atoms with van der Waals surface area (Å²) >= 11 is 1.86. The van der Waals surface area contributed by atoms with Gasteiger partial charge in [0.15, 0.2) is 0 Å². The summed E-state index contributed by atoms with van der Waals surface area (Å²) in [6, 6.07) is 6.00. The molecule has 0 saturated carbocycles. The summed E-state index contributed by atoms with van der Waals surface area (Å²) in [5.41, 5.74) is 6.66. The topological polar surface area (TPSA) is 35.2 Å². The highest BCUT2D eigenvalue weighted by atomic mass is 32.2. The summed E-state index contributed by atoms with van der Waals surface area (Å²) in [5.74, 6) is 2.05. The Morgan fingerprint density at radius 2 is 1.94 bits per heavy atom. The van der Waals surface area contributed by atoms with Gasteiger partial charge in [0.05, 0.1) is 6.61 Å². The number of unbranched alkanes of at least 4 members (excludes halogenated alkanes) is 2. The molecule has 0 fully saturated rings. The molecule has 0 spiro atoms. The van der Waals surface area contributed by atoms with Crippen LogP contribution in [0.3, 0.4) is 0 Å². The zero-order chi connectivity index (χ0) is 12.5. The molecule has 2 N–H and O–H groups in total. The van der Waals surface area contributed by atoms with E-state index in [1.165, 1.54) is 24.2 Å². The minimum atomic E-state index is 0.753. The second kappa shape index (κ2) is 8.29. The van der Waals surface area contributed by atoms with Gasteiger partial charge in [-0.25, -0.2) is 0 Å². The maximum atomic E-state index is 5.87. The van der Waals surface area contributed by atoms with Crippen molar-refractivity contribution in [2.45, 2.75) is 44.4 Å². The molecule has 17 heavy (non-hydrogen) atoms. The molecule has 0 aliphatic rings. The number of ether oxygens (including phenoxy) is 1. The maximum Gasteiger partial charge on any atom is 0.122 e. The Hall–Kier alpha value is -0.830.